The van der Waals surface area contributed by atoms with Crippen molar-refractivity contribution < 1.29 is 37.3 Å². The van der Waals surface area contributed by atoms with E-state index in [0.717, 1.165) is 12.7 Å². The molecular formula is C22H27N4O8P. The first-order chi connectivity index (χ1) is 16.7. The van der Waals surface area contributed by atoms with Gasteiger partial charge in [-0.3, -0.25) is 13.8 Å². The lowest BCUT2D eigenvalue weighted by molar-refractivity contribution is -0.122. The summed E-state index contributed by atoms with van der Waals surface area (Å²) in [5, 5.41) is 6.76. The number of allylic oxidation sites excluding steroid dienone is 3. The Morgan fingerprint density at radius 2 is 2.20 bits per heavy atom. The first-order valence-corrected chi connectivity index (χ1v) is 12.0. The van der Waals surface area contributed by atoms with Crippen molar-refractivity contribution in [2.24, 2.45) is 5.73 Å². The molecule has 0 saturated heterocycles. The first kappa shape index (κ1) is 26.3. The quantitative estimate of drug-likeness (QED) is 0.167. The van der Waals surface area contributed by atoms with Crippen LogP contribution in [-0.4, -0.2) is 47.3 Å². The average Bonchev–Trinajstić information content (AvgIpc) is 3.39. The van der Waals surface area contributed by atoms with Gasteiger partial charge in [0.25, 0.3) is 0 Å². The number of phosphoric ester groups is 1. The monoisotopic (exact) mass is 506 g/mol. The normalized spacial score (nSPS) is 18.1. The van der Waals surface area contributed by atoms with Crippen molar-refractivity contribution in [1.29, 1.82) is 0 Å². The molecular weight excluding hydrogens is 479 g/mol. The molecule has 2 unspecified atom stereocenters. The number of Topliss-reactive ketones (excluding diaryl/α,β-unsaturated/α-hetero) is 1. The van der Waals surface area contributed by atoms with Crippen LogP contribution in [0.2, 0.25) is 0 Å². The van der Waals surface area contributed by atoms with Crippen LogP contribution in [0.5, 0.6) is 5.88 Å². The molecule has 0 saturated carbocycles. The number of nitrogens with two attached hydrogens (primary N) is 1. The number of ketones is 1. The van der Waals surface area contributed by atoms with Gasteiger partial charge >= 0.3 is 7.82 Å². The molecule has 0 bridgehead atoms. The molecule has 0 spiro atoms. The van der Waals surface area contributed by atoms with E-state index >= 15 is 0 Å². The maximum atomic E-state index is 12.1. The zero-order valence-corrected chi connectivity index (χ0v) is 20.4. The molecule has 2 aromatic rings. The van der Waals surface area contributed by atoms with Crippen LogP contribution in [0.3, 0.4) is 0 Å². The highest BCUT2D eigenvalue weighted by Crippen LogP contribution is 2.41. The molecule has 35 heavy (non-hydrogen) atoms. The topological polar surface area (TPSA) is 168 Å². The predicted octanol–water partition coefficient (Wildman–Crippen LogP) is 2.42. The standard InChI is InChI=1S/C22H27N4O8P/c1-14-21(27)22(15(2)32-14)33-20-7-6-16(12-25-20)9-18-10-19(34-26-18)17(11-23)5-4-8-24-13-31-35(28,29)30-3/h4-8,10,12,14,24H,9,11,13,23H2,1-3H3,(H,28,29)/b8-4-,17-5+. The summed E-state index contributed by atoms with van der Waals surface area (Å²) < 4.78 is 36.5. The van der Waals surface area contributed by atoms with E-state index in [1.54, 1.807) is 44.3 Å². The zero-order valence-electron chi connectivity index (χ0n) is 19.5. The molecule has 188 valence electrons. The molecule has 0 aromatic carbocycles. The van der Waals surface area contributed by atoms with Crippen LogP contribution in [0.15, 0.2) is 58.8 Å². The average molecular weight is 506 g/mol. The van der Waals surface area contributed by atoms with Gasteiger partial charge in [-0.2, -0.15) is 0 Å². The number of phosphoric acid groups is 1. The first-order valence-electron chi connectivity index (χ1n) is 10.5. The number of rotatable bonds is 12. The number of nitrogens with one attached hydrogen (secondary N) is 1. The Morgan fingerprint density at radius 3 is 2.83 bits per heavy atom. The van der Waals surface area contributed by atoms with E-state index in [9.17, 15) is 9.36 Å². The van der Waals surface area contributed by atoms with Gasteiger partial charge in [0.2, 0.25) is 17.4 Å². The van der Waals surface area contributed by atoms with Crippen molar-refractivity contribution in [1.82, 2.24) is 15.5 Å². The Morgan fingerprint density at radius 1 is 1.40 bits per heavy atom. The summed E-state index contributed by atoms with van der Waals surface area (Å²) in [6.07, 6.45) is 6.41. The largest absolute Gasteiger partial charge is 0.483 e. The molecule has 2 aromatic heterocycles. The van der Waals surface area contributed by atoms with Gasteiger partial charge in [-0.15, -0.1) is 0 Å². The molecule has 12 nitrogen and oxygen atoms in total. The molecule has 0 fully saturated rings. The van der Waals surface area contributed by atoms with Gasteiger partial charge in [0.15, 0.2) is 11.9 Å². The molecule has 0 amide bonds. The Bertz CT molecular complexity index is 1170. The summed E-state index contributed by atoms with van der Waals surface area (Å²) in [4.78, 5) is 25.5. The van der Waals surface area contributed by atoms with Gasteiger partial charge in [0.05, 0.1) is 5.69 Å². The number of hydrogen-bond donors (Lipinski definition) is 3. The van der Waals surface area contributed by atoms with E-state index in [1.807, 2.05) is 6.07 Å². The zero-order chi connectivity index (χ0) is 25.4. The highest BCUT2D eigenvalue weighted by atomic mass is 31.2. The van der Waals surface area contributed by atoms with E-state index in [1.165, 1.54) is 6.20 Å². The number of pyridine rings is 1. The summed E-state index contributed by atoms with van der Waals surface area (Å²) in [5.74, 6) is 1.19. The van der Waals surface area contributed by atoms with Gasteiger partial charge in [0, 0.05) is 44.0 Å². The van der Waals surface area contributed by atoms with Crippen LogP contribution in [0.4, 0.5) is 0 Å². The van der Waals surface area contributed by atoms with E-state index in [4.69, 9.17) is 24.6 Å². The van der Waals surface area contributed by atoms with Crippen molar-refractivity contribution in [3.63, 3.8) is 0 Å². The van der Waals surface area contributed by atoms with Crippen molar-refractivity contribution in [2.75, 3.05) is 20.4 Å². The van der Waals surface area contributed by atoms with Gasteiger partial charge in [-0.05, 0) is 31.7 Å². The van der Waals surface area contributed by atoms with Gasteiger partial charge in [-0.25, -0.2) is 9.55 Å². The smallest absolute Gasteiger partial charge is 0.473 e. The fourth-order valence-corrected chi connectivity index (χ4v) is 3.33. The summed E-state index contributed by atoms with van der Waals surface area (Å²) in [7, 11) is -2.95. The molecule has 0 radical (unpaired) electrons. The van der Waals surface area contributed by atoms with Gasteiger partial charge in [-0.1, -0.05) is 17.3 Å². The fraction of sp³-hybridized carbons (Fsp3) is 0.318. The molecule has 1 aliphatic rings. The third-order valence-electron chi connectivity index (χ3n) is 4.80. The second kappa shape index (κ2) is 11.9. The van der Waals surface area contributed by atoms with Crippen LogP contribution in [-0.2, 0) is 29.6 Å². The van der Waals surface area contributed by atoms with Crippen LogP contribution >= 0.6 is 7.82 Å². The van der Waals surface area contributed by atoms with Crippen molar-refractivity contribution >= 4 is 19.2 Å². The fourth-order valence-electron chi connectivity index (χ4n) is 2.99. The third kappa shape index (κ3) is 7.35. The van der Waals surface area contributed by atoms with Gasteiger partial charge in [0.1, 0.15) is 12.5 Å². The number of carbonyl (C=O) groups excluding carboxylic acids is 1. The highest BCUT2D eigenvalue weighted by Gasteiger charge is 2.32. The Labute approximate surface area is 202 Å². The second-order valence-corrected chi connectivity index (χ2v) is 8.92. The minimum absolute atomic E-state index is 0.167. The van der Waals surface area contributed by atoms with Gasteiger partial charge < -0.3 is 29.9 Å². The van der Waals surface area contributed by atoms with Crippen LogP contribution in [0.1, 0.15) is 30.9 Å². The van der Waals surface area contributed by atoms with Crippen LogP contribution in [0.25, 0.3) is 5.57 Å². The third-order valence-corrected chi connectivity index (χ3v) is 5.72. The molecule has 1 aliphatic heterocycles. The summed E-state index contributed by atoms with van der Waals surface area (Å²) in [6.45, 7) is 3.33. The van der Waals surface area contributed by atoms with Crippen molar-refractivity contribution in [2.45, 2.75) is 26.4 Å². The molecule has 13 heteroatoms. The summed E-state index contributed by atoms with van der Waals surface area (Å²) in [6, 6.07) is 5.27. The Kier molecular flexibility index (Phi) is 8.96. The Hall–Kier alpha value is -3.28. The molecule has 2 atom stereocenters. The predicted molar refractivity (Wildman–Crippen MR) is 125 cm³/mol. The molecule has 4 N–H and O–H groups in total. The SMILES string of the molecule is COP(=O)(O)OCN/C=C\C=C(/CN)c1cc(Cc2ccc(OC3=C(C)OC(C)C3=O)nc2)no1. The number of hydrogen-bond acceptors (Lipinski definition) is 11. The highest BCUT2D eigenvalue weighted by molar-refractivity contribution is 7.47. The molecule has 0 aliphatic carbocycles. The van der Waals surface area contributed by atoms with E-state index in [0.29, 0.717) is 29.2 Å². The van der Waals surface area contributed by atoms with Crippen molar-refractivity contribution in [3.8, 4) is 5.88 Å². The van der Waals surface area contributed by atoms with E-state index < -0.39 is 13.9 Å². The number of aromatic nitrogens is 2. The maximum absolute atomic E-state index is 12.1. The summed E-state index contributed by atoms with van der Waals surface area (Å²) in [5.41, 5.74) is 8.04. The second-order valence-electron chi connectivity index (χ2n) is 7.36. The Balaban J connectivity index is 1.55. The van der Waals surface area contributed by atoms with E-state index in [-0.39, 0.29) is 30.7 Å². The number of ether oxygens (including phenoxy) is 2. The number of carbonyl (C=O) groups is 1. The van der Waals surface area contributed by atoms with Crippen LogP contribution < -0.4 is 15.8 Å². The van der Waals surface area contributed by atoms with Crippen molar-refractivity contribution in [3.05, 3.63) is 71.3 Å². The van der Waals surface area contributed by atoms with E-state index in [2.05, 4.69) is 24.5 Å². The minimum atomic E-state index is -4.03. The maximum Gasteiger partial charge on any atom is 0.473 e. The lowest BCUT2D eigenvalue weighted by Crippen LogP contribution is -2.16. The lowest BCUT2D eigenvalue weighted by Gasteiger charge is -2.08. The summed E-state index contributed by atoms with van der Waals surface area (Å²) >= 11 is 0. The minimum Gasteiger partial charge on any atom is -0.483 e. The van der Waals surface area contributed by atoms with Crippen LogP contribution in [0, 0.1) is 0 Å². The molecule has 3 rings (SSSR count). The lowest BCUT2D eigenvalue weighted by atomic mass is 10.1. The number of nitrogens with zero attached hydrogens (tertiary/aromatic N) is 2. The molecule has 3 heterocycles.